The molecule has 37 valence electrons. The maximum Gasteiger partial charge on any atom is 0.124 e. The second-order valence-corrected chi connectivity index (χ2v) is 0.531. The molecule has 0 fully saturated rings. The van der Waals surface area contributed by atoms with E-state index in [0.29, 0.717) is 6.61 Å². The van der Waals surface area contributed by atoms with Crippen molar-refractivity contribution in [2.75, 3.05) is 0 Å². The number of aliphatic hydroxyl groups is 1. The van der Waals surface area contributed by atoms with Crippen molar-refractivity contribution in [3.05, 3.63) is 14.0 Å². The summed E-state index contributed by atoms with van der Waals surface area (Å²) in [6, 6.07) is 0. The molecule has 0 aromatic carbocycles. The Balaban J connectivity index is -0.0000000800. The average molecular weight is 173 g/mol. The summed E-state index contributed by atoms with van der Waals surface area (Å²) in [5, 5.41) is 7.54. The number of hydrogen-bond acceptors (Lipinski definition) is 2. The van der Waals surface area contributed by atoms with Gasteiger partial charge in [0, 0.05) is 32.7 Å². The van der Waals surface area contributed by atoms with Crippen LogP contribution < -0.4 is 0 Å². The number of carbonyl (C=O) groups excluding carboxylic acids is 1. The van der Waals surface area contributed by atoms with Crippen LogP contribution in [0, 0.1) is 14.0 Å². The first-order valence-electron chi connectivity index (χ1n) is 1.04. The summed E-state index contributed by atoms with van der Waals surface area (Å²) in [5.41, 5.74) is -0.815. The zero-order chi connectivity index (χ0) is 4.28. The third kappa shape index (κ3) is 20.4. The molecule has 2 nitrogen and oxygen atoms in total. The fourth-order valence-corrected chi connectivity index (χ4v) is 0. The second kappa shape index (κ2) is 9.83. The standard InChI is InChI=1S/C2H2BO2.CH3.Y/c3-2(5)1-4;;/h1,4H;1H3;/q2*-1;. The predicted molar refractivity (Wildman–Crippen MR) is 23.4 cm³/mol. The smallest absolute Gasteiger partial charge is 0.124 e. The van der Waals surface area contributed by atoms with Crippen molar-refractivity contribution in [2.45, 2.75) is 0 Å². The van der Waals surface area contributed by atoms with Crippen LogP contribution in [0.1, 0.15) is 0 Å². The Morgan fingerprint density at radius 2 is 1.86 bits per heavy atom. The van der Waals surface area contributed by atoms with E-state index in [4.69, 9.17) is 5.11 Å². The molecule has 0 spiro atoms. The third-order valence-corrected chi connectivity index (χ3v) is 0.127. The van der Waals surface area contributed by atoms with Crippen LogP contribution in [0.15, 0.2) is 0 Å². The molecule has 0 bridgehead atoms. The molecule has 0 aromatic rings. The van der Waals surface area contributed by atoms with Crippen molar-refractivity contribution in [3.8, 4) is 0 Å². The summed E-state index contributed by atoms with van der Waals surface area (Å²) in [5.74, 6) is 0. The number of rotatable bonds is 1. The van der Waals surface area contributed by atoms with Crippen molar-refractivity contribution in [3.63, 3.8) is 0 Å². The molecule has 0 unspecified atom stereocenters. The van der Waals surface area contributed by atoms with E-state index in [9.17, 15) is 4.79 Å². The number of carbonyl (C=O) groups is 1. The molecule has 0 aliphatic carbocycles. The molecular formula is C3H5BO2Y-2. The molecule has 0 aromatic heterocycles. The van der Waals surface area contributed by atoms with Gasteiger partial charge in [0.1, 0.15) is 7.85 Å². The topological polar surface area (TPSA) is 37.3 Å². The van der Waals surface area contributed by atoms with Gasteiger partial charge in [0.15, 0.2) is 0 Å². The number of hydrogen-bond donors (Lipinski definition) is 1. The van der Waals surface area contributed by atoms with Crippen molar-refractivity contribution in [2.24, 2.45) is 0 Å². The second-order valence-electron chi connectivity index (χ2n) is 0.531. The van der Waals surface area contributed by atoms with E-state index >= 15 is 0 Å². The van der Waals surface area contributed by atoms with Gasteiger partial charge in [0.2, 0.25) is 0 Å². The van der Waals surface area contributed by atoms with E-state index in [1.807, 2.05) is 0 Å². The van der Waals surface area contributed by atoms with Gasteiger partial charge in [-0.1, -0.05) is 0 Å². The first-order valence-corrected chi connectivity index (χ1v) is 1.04. The van der Waals surface area contributed by atoms with Gasteiger partial charge in [-0.15, -0.1) is 0 Å². The van der Waals surface area contributed by atoms with Crippen LogP contribution in [0.3, 0.4) is 0 Å². The number of aliphatic hydroxyl groups excluding tert-OH is 1. The van der Waals surface area contributed by atoms with Gasteiger partial charge in [-0.2, -0.15) is 0 Å². The molecule has 3 radical (unpaired) electrons. The van der Waals surface area contributed by atoms with E-state index in [-0.39, 0.29) is 40.1 Å². The van der Waals surface area contributed by atoms with Gasteiger partial charge in [-0.25, -0.2) is 6.61 Å². The Hall–Kier alpha value is 0.669. The zero-order valence-electron chi connectivity index (χ0n) is 4.09. The third-order valence-electron chi connectivity index (χ3n) is 0.127. The summed E-state index contributed by atoms with van der Waals surface area (Å²) in [6.45, 7) is 0.306. The Morgan fingerprint density at radius 3 is 1.86 bits per heavy atom. The van der Waals surface area contributed by atoms with Crippen LogP contribution in [-0.2, 0) is 37.5 Å². The molecule has 4 heteroatoms. The van der Waals surface area contributed by atoms with Crippen molar-refractivity contribution in [1.82, 2.24) is 0 Å². The monoisotopic (exact) mass is 173 g/mol. The molecule has 0 heterocycles. The van der Waals surface area contributed by atoms with Gasteiger partial charge in [-0.05, 0) is 5.68 Å². The van der Waals surface area contributed by atoms with Crippen LogP contribution in [-0.4, -0.2) is 18.6 Å². The molecule has 0 amide bonds. The quantitative estimate of drug-likeness (QED) is 0.435. The summed E-state index contributed by atoms with van der Waals surface area (Å²) in [7, 11) is 4.35. The first-order chi connectivity index (χ1) is 2.27. The van der Waals surface area contributed by atoms with Crippen molar-refractivity contribution >= 4 is 13.5 Å². The van der Waals surface area contributed by atoms with Crippen LogP contribution in [0.25, 0.3) is 0 Å². The molecule has 0 saturated carbocycles. The van der Waals surface area contributed by atoms with Gasteiger partial charge in [0.25, 0.3) is 0 Å². The van der Waals surface area contributed by atoms with Crippen molar-refractivity contribution < 1.29 is 42.6 Å². The molecule has 0 rings (SSSR count). The average Bonchev–Trinajstić information content (AvgIpc) is 1.38. The minimum atomic E-state index is -0.815. The summed E-state index contributed by atoms with van der Waals surface area (Å²) < 4.78 is 0. The Bertz CT molecular complexity index is 48.2. The Kier molecular flexibility index (Phi) is 22.0. The maximum absolute atomic E-state index is 9.28. The zero-order valence-corrected chi connectivity index (χ0v) is 6.93. The Morgan fingerprint density at radius 1 is 1.71 bits per heavy atom. The maximum atomic E-state index is 9.28. The minimum absolute atomic E-state index is 0. The molecular weight excluding hydrogens is 168 g/mol. The molecule has 7 heavy (non-hydrogen) atoms. The molecule has 0 aliphatic rings. The minimum Gasteiger partial charge on any atom is -0.541 e. The van der Waals surface area contributed by atoms with Gasteiger partial charge in [-0.3, -0.25) is 0 Å². The van der Waals surface area contributed by atoms with Crippen molar-refractivity contribution in [1.29, 1.82) is 0 Å². The predicted octanol–water partition coefficient (Wildman–Crippen LogP) is -0.336. The van der Waals surface area contributed by atoms with Gasteiger partial charge < -0.3 is 17.3 Å². The van der Waals surface area contributed by atoms with Crippen LogP contribution in [0.2, 0.25) is 0 Å². The van der Waals surface area contributed by atoms with Crippen LogP contribution in [0.4, 0.5) is 0 Å². The fourth-order valence-electron chi connectivity index (χ4n) is 0. The largest absolute Gasteiger partial charge is 0.541 e. The van der Waals surface area contributed by atoms with E-state index in [2.05, 4.69) is 7.85 Å². The molecule has 0 saturated heterocycles. The normalized spacial score (nSPS) is 4.71. The molecule has 1 N–H and O–H groups in total. The fraction of sp³-hybridized carbons (Fsp3) is 0. The van der Waals surface area contributed by atoms with Crippen LogP contribution >= 0.6 is 0 Å². The SMILES string of the molecule is [B]C(=O)[CH-]O.[CH3-].[Y]. The molecule has 0 aliphatic heterocycles. The van der Waals surface area contributed by atoms with E-state index in [1.165, 1.54) is 0 Å². The van der Waals surface area contributed by atoms with Crippen LogP contribution in [0.5, 0.6) is 0 Å². The first kappa shape index (κ1) is 15.6. The summed E-state index contributed by atoms with van der Waals surface area (Å²) in [6.07, 6.45) is 0. The van der Waals surface area contributed by atoms with E-state index < -0.39 is 5.68 Å². The Labute approximate surface area is 70.0 Å². The van der Waals surface area contributed by atoms with E-state index in [1.54, 1.807) is 0 Å². The molecule has 0 atom stereocenters. The summed E-state index contributed by atoms with van der Waals surface area (Å²) >= 11 is 0. The van der Waals surface area contributed by atoms with Gasteiger partial charge in [0.05, 0.1) is 0 Å². The summed E-state index contributed by atoms with van der Waals surface area (Å²) in [4.78, 5) is 9.28. The van der Waals surface area contributed by atoms with E-state index in [0.717, 1.165) is 0 Å². The van der Waals surface area contributed by atoms with Gasteiger partial charge >= 0.3 is 0 Å².